The van der Waals surface area contributed by atoms with Gasteiger partial charge in [0.2, 0.25) is 0 Å². The summed E-state index contributed by atoms with van der Waals surface area (Å²) in [4.78, 5) is 0. The number of rotatable bonds is 3. The summed E-state index contributed by atoms with van der Waals surface area (Å²) in [6, 6.07) is 16.7. The largest absolute Gasteiger partial charge is 0.457 e. The van der Waals surface area contributed by atoms with Crippen molar-refractivity contribution < 1.29 is 4.74 Å². The van der Waals surface area contributed by atoms with E-state index in [1.54, 1.807) is 0 Å². The quantitative estimate of drug-likeness (QED) is 0.897. The Kier molecular flexibility index (Phi) is 4.03. The van der Waals surface area contributed by atoms with Gasteiger partial charge in [0.15, 0.2) is 0 Å². The van der Waals surface area contributed by atoms with Crippen molar-refractivity contribution >= 4 is 0 Å². The van der Waals surface area contributed by atoms with Crippen molar-refractivity contribution in [1.29, 1.82) is 0 Å². The second kappa shape index (κ2) is 6.10. The monoisotopic (exact) mass is 267 g/mol. The van der Waals surface area contributed by atoms with Gasteiger partial charge in [-0.2, -0.15) is 0 Å². The summed E-state index contributed by atoms with van der Waals surface area (Å²) in [5, 5.41) is 3.42. The molecule has 2 aromatic rings. The van der Waals surface area contributed by atoms with Crippen LogP contribution in [-0.2, 0) is 0 Å². The normalized spacial score (nSPS) is 16.1. The first kappa shape index (κ1) is 13.2. The Morgan fingerprint density at radius 2 is 1.65 bits per heavy atom. The van der Waals surface area contributed by atoms with E-state index in [-0.39, 0.29) is 0 Å². The Morgan fingerprint density at radius 3 is 2.40 bits per heavy atom. The molecule has 0 atom stereocenters. The summed E-state index contributed by atoms with van der Waals surface area (Å²) in [6.45, 7) is 4.29. The molecule has 0 aromatic heterocycles. The molecule has 2 heteroatoms. The lowest BCUT2D eigenvalue weighted by molar-refractivity contribution is 0.430. The van der Waals surface area contributed by atoms with Crippen molar-refractivity contribution in [3.8, 4) is 11.5 Å². The number of hydrogen-bond donors (Lipinski definition) is 1. The van der Waals surface area contributed by atoms with E-state index < -0.39 is 0 Å². The maximum atomic E-state index is 6.10. The van der Waals surface area contributed by atoms with Crippen LogP contribution in [-0.4, -0.2) is 13.1 Å². The number of aryl methyl sites for hydroxylation is 1. The van der Waals surface area contributed by atoms with Gasteiger partial charge in [0, 0.05) is 0 Å². The van der Waals surface area contributed by atoms with Crippen LogP contribution in [0.15, 0.2) is 48.5 Å². The minimum atomic E-state index is 0.609. The molecule has 0 amide bonds. The van der Waals surface area contributed by atoms with Gasteiger partial charge in [-0.1, -0.05) is 35.9 Å². The average Bonchev–Trinajstić information content (AvgIpc) is 2.51. The number of nitrogens with one attached hydrogen (secondary N) is 1. The Balaban J connectivity index is 1.83. The van der Waals surface area contributed by atoms with Gasteiger partial charge in [-0.3, -0.25) is 0 Å². The molecule has 3 rings (SSSR count). The third-order valence-electron chi connectivity index (χ3n) is 3.95. The molecule has 0 radical (unpaired) electrons. The molecule has 0 bridgehead atoms. The molecule has 104 valence electrons. The molecular formula is C18H21NO. The summed E-state index contributed by atoms with van der Waals surface area (Å²) in [5.74, 6) is 2.53. The van der Waals surface area contributed by atoms with E-state index in [9.17, 15) is 0 Å². The molecule has 0 spiro atoms. The van der Waals surface area contributed by atoms with Crippen LogP contribution in [0.4, 0.5) is 0 Å². The zero-order valence-electron chi connectivity index (χ0n) is 11.9. The van der Waals surface area contributed by atoms with Gasteiger partial charge in [0.05, 0.1) is 0 Å². The Morgan fingerprint density at radius 1 is 0.950 bits per heavy atom. The number of ether oxygens (including phenoxy) is 1. The zero-order valence-corrected chi connectivity index (χ0v) is 11.9. The SMILES string of the molecule is Cc1ccc(Oc2ccccc2C2CCNCC2)cc1. The lowest BCUT2D eigenvalue weighted by Gasteiger charge is -2.24. The lowest BCUT2D eigenvalue weighted by atomic mass is 9.89. The average molecular weight is 267 g/mol. The van der Waals surface area contributed by atoms with Crippen molar-refractivity contribution in [2.75, 3.05) is 13.1 Å². The molecule has 1 N–H and O–H groups in total. The smallest absolute Gasteiger partial charge is 0.130 e. The summed E-state index contributed by atoms with van der Waals surface area (Å²) in [6.07, 6.45) is 2.38. The van der Waals surface area contributed by atoms with Gasteiger partial charge in [-0.05, 0) is 62.5 Å². The van der Waals surface area contributed by atoms with Crippen LogP contribution in [0, 0.1) is 6.92 Å². The summed E-state index contributed by atoms with van der Waals surface area (Å²) >= 11 is 0. The van der Waals surface area contributed by atoms with Crippen molar-refractivity contribution in [2.24, 2.45) is 0 Å². The highest BCUT2D eigenvalue weighted by Crippen LogP contribution is 2.34. The lowest BCUT2D eigenvalue weighted by Crippen LogP contribution is -2.26. The van der Waals surface area contributed by atoms with Crippen LogP contribution in [0.2, 0.25) is 0 Å². The molecule has 1 aliphatic heterocycles. The fraction of sp³-hybridized carbons (Fsp3) is 0.333. The van der Waals surface area contributed by atoms with Crippen LogP contribution in [0.25, 0.3) is 0 Å². The maximum Gasteiger partial charge on any atom is 0.130 e. The highest BCUT2D eigenvalue weighted by molar-refractivity contribution is 5.40. The Hall–Kier alpha value is -1.80. The first-order valence-electron chi connectivity index (χ1n) is 7.37. The molecule has 0 aliphatic carbocycles. The Labute approximate surface area is 120 Å². The van der Waals surface area contributed by atoms with E-state index in [2.05, 4.69) is 42.6 Å². The molecular weight excluding hydrogens is 246 g/mol. The standard InChI is InChI=1S/C18H21NO/c1-14-6-8-16(9-7-14)20-18-5-3-2-4-17(18)15-10-12-19-13-11-15/h2-9,15,19H,10-13H2,1H3. The number of piperidine rings is 1. The van der Waals surface area contributed by atoms with E-state index in [4.69, 9.17) is 4.74 Å². The van der Waals surface area contributed by atoms with Crippen LogP contribution < -0.4 is 10.1 Å². The van der Waals surface area contributed by atoms with Gasteiger partial charge in [0.25, 0.3) is 0 Å². The van der Waals surface area contributed by atoms with Crippen LogP contribution in [0.1, 0.15) is 29.9 Å². The van der Waals surface area contributed by atoms with E-state index in [1.165, 1.54) is 24.0 Å². The molecule has 2 aromatic carbocycles. The van der Waals surface area contributed by atoms with E-state index in [1.807, 2.05) is 18.2 Å². The van der Waals surface area contributed by atoms with E-state index in [0.717, 1.165) is 24.6 Å². The van der Waals surface area contributed by atoms with Crippen LogP contribution >= 0.6 is 0 Å². The molecule has 0 unspecified atom stereocenters. The van der Waals surface area contributed by atoms with Gasteiger partial charge in [0.1, 0.15) is 11.5 Å². The molecule has 20 heavy (non-hydrogen) atoms. The Bertz CT molecular complexity index is 556. The summed E-state index contributed by atoms with van der Waals surface area (Å²) < 4.78 is 6.10. The van der Waals surface area contributed by atoms with Crippen LogP contribution in [0.5, 0.6) is 11.5 Å². The molecule has 1 saturated heterocycles. The molecule has 2 nitrogen and oxygen atoms in total. The summed E-state index contributed by atoms with van der Waals surface area (Å²) in [7, 11) is 0. The van der Waals surface area contributed by atoms with Crippen molar-refractivity contribution in [3.05, 3.63) is 59.7 Å². The predicted molar refractivity (Wildman–Crippen MR) is 82.5 cm³/mol. The van der Waals surface area contributed by atoms with Gasteiger partial charge < -0.3 is 10.1 Å². The molecule has 0 saturated carbocycles. The van der Waals surface area contributed by atoms with Gasteiger partial charge >= 0.3 is 0 Å². The number of benzene rings is 2. The summed E-state index contributed by atoms with van der Waals surface area (Å²) in [5.41, 5.74) is 2.60. The van der Waals surface area contributed by atoms with Gasteiger partial charge in [-0.25, -0.2) is 0 Å². The topological polar surface area (TPSA) is 21.3 Å². The van der Waals surface area contributed by atoms with Gasteiger partial charge in [-0.15, -0.1) is 0 Å². The third-order valence-corrected chi connectivity index (χ3v) is 3.95. The molecule has 1 fully saturated rings. The first-order chi connectivity index (χ1) is 9.83. The number of para-hydroxylation sites is 1. The number of hydrogen-bond acceptors (Lipinski definition) is 2. The molecule has 1 aliphatic rings. The molecule has 1 heterocycles. The van der Waals surface area contributed by atoms with E-state index >= 15 is 0 Å². The van der Waals surface area contributed by atoms with E-state index in [0.29, 0.717) is 5.92 Å². The van der Waals surface area contributed by atoms with Crippen LogP contribution in [0.3, 0.4) is 0 Å². The second-order valence-electron chi connectivity index (χ2n) is 5.48. The minimum absolute atomic E-state index is 0.609. The fourth-order valence-electron chi connectivity index (χ4n) is 2.78. The maximum absolute atomic E-state index is 6.10. The third kappa shape index (κ3) is 3.02. The predicted octanol–water partition coefficient (Wildman–Crippen LogP) is 4.25. The van der Waals surface area contributed by atoms with Crippen molar-refractivity contribution in [3.63, 3.8) is 0 Å². The highest BCUT2D eigenvalue weighted by atomic mass is 16.5. The van der Waals surface area contributed by atoms with Crippen molar-refractivity contribution in [1.82, 2.24) is 5.32 Å². The fourth-order valence-corrected chi connectivity index (χ4v) is 2.78. The second-order valence-corrected chi connectivity index (χ2v) is 5.48. The minimum Gasteiger partial charge on any atom is -0.457 e. The first-order valence-corrected chi connectivity index (χ1v) is 7.37. The van der Waals surface area contributed by atoms with Crippen molar-refractivity contribution in [2.45, 2.75) is 25.7 Å². The zero-order chi connectivity index (χ0) is 13.8. The highest BCUT2D eigenvalue weighted by Gasteiger charge is 2.18.